The van der Waals surface area contributed by atoms with Crippen LogP contribution in [0.2, 0.25) is 5.02 Å². The SMILES string of the molecule is CNC(=O)[C@@H]1CN(Cc2ccc(F)c(Cl)c2)C[C@H]1c1cnn(C)c1. The number of carbonyl (C=O) groups excluding carboxylic acids is 1. The Bertz CT molecular complexity index is 748. The second-order valence-corrected chi connectivity index (χ2v) is 6.62. The van der Waals surface area contributed by atoms with E-state index in [-0.39, 0.29) is 22.8 Å². The fraction of sp³-hybridized carbons (Fsp3) is 0.412. The Morgan fingerprint density at radius 3 is 2.88 bits per heavy atom. The van der Waals surface area contributed by atoms with Crippen LogP contribution in [0.1, 0.15) is 17.0 Å². The van der Waals surface area contributed by atoms with Gasteiger partial charge >= 0.3 is 0 Å². The van der Waals surface area contributed by atoms with Crippen LogP contribution in [-0.2, 0) is 18.4 Å². The zero-order valence-electron chi connectivity index (χ0n) is 13.7. The lowest BCUT2D eigenvalue weighted by atomic mass is 9.90. The van der Waals surface area contributed by atoms with Crippen LogP contribution < -0.4 is 5.32 Å². The molecule has 128 valence electrons. The van der Waals surface area contributed by atoms with Crippen LogP contribution in [0.15, 0.2) is 30.6 Å². The molecular formula is C17H20ClFN4O. The highest BCUT2D eigenvalue weighted by Crippen LogP contribution is 2.33. The summed E-state index contributed by atoms with van der Waals surface area (Å²) in [6, 6.07) is 4.75. The number of rotatable bonds is 4. The number of aromatic nitrogens is 2. The van der Waals surface area contributed by atoms with E-state index >= 15 is 0 Å². The number of halogens is 2. The Labute approximate surface area is 145 Å². The van der Waals surface area contributed by atoms with Gasteiger partial charge < -0.3 is 5.32 Å². The van der Waals surface area contributed by atoms with Crippen LogP contribution in [0.4, 0.5) is 4.39 Å². The molecule has 24 heavy (non-hydrogen) atoms. The Morgan fingerprint density at radius 2 is 2.25 bits per heavy atom. The van der Waals surface area contributed by atoms with Crippen molar-refractivity contribution in [2.45, 2.75) is 12.5 Å². The molecule has 2 aromatic rings. The number of amides is 1. The third-order valence-electron chi connectivity index (χ3n) is 4.52. The van der Waals surface area contributed by atoms with Crippen molar-refractivity contribution in [1.29, 1.82) is 0 Å². The first kappa shape index (κ1) is 16.9. The summed E-state index contributed by atoms with van der Waals surface area (Å²) in [4.78, 5) is 14.5. The lowest BCUT2D eigenvalue weighted by Crippen LogP contribution is -2.32. The molecule has 0 unspecified atom stereocenters. The lowest BCUT2D eigenvalue weighted by molar-refractivity contribution is -0.124. The quantitative estimate of drug-likeness (QED) is 0.919. The van der Waals surface area contributed by atoms with Crippen LogP contribution in [0.25, 0.3) is 0 Å². The Balaban J connectivity index is 1.78. The molecule has 2 atom stereocenters. The van der Waals surface area contributed by atoms with Crippen molar-refractivity contribution in [3.63, 3.8) is 0 Å². The zero-order chi connectivity index (χ0) is 17.3. The molecule has 1 saturated heterocycles. The van der Waals surface area contributed by atoms with Crippen molar-refractivity contribution in [2.24, 2.45) is 13.0 Å². The van der Waals surface area contributed by atoms with Gasteiger partial charge in [0.15, 0.2) is 0 Å². The minimum atomic E-state index is -0.418. The fourth-order valence-electron chi connectivity index (χ4n) is 3.33. The number of hydrogen-bond acceptors (Lipinski definition) is 3. The van der Waals surface area contributed by atoms with Crippen molar-refractivity contribution >= 4 is 17.5 Å². The van der Waals surface area contributed by atoms with Crippen molar-refractivity contribution in [3.8, 4) is 0 Å². The molecule has 1 aliphatic rings. The first-order valence-electron chi connectivity index (χ1n) is 7.84. The number of carbonyl (C=O) groups is 1. The molecule has 1 aliphatic heterocycles. The molecule has 0 bridgehead atoms. The molecule has 1 fully saturated rings. The van der Waals surface area contributed by atoms with Crippen molar-refractivity contribution < 1.29 is 9.18 Å². The van der Waals surface area contributed by atoms with Gasteiger partial charge in [-0.05, 0) is 23.3 Å². The van der Waals surface area contributed by atoms with Crippen LogP contribution >= 0.6 is 11.6 Å². The maximum absolute atomic E-state index is 13.3. The van der Waals surface area contributed by atoms with E-state index in [9.17, 15) is 9.18 Å². The molecule has 7 heteroatoms. The average molecular weight is 351 g/mol. The maximum Gasteiger partial charge on any atom is 0.224 e. The Hall–Kier alpha value is -1.92. The molecule has 1 aromatic carbocycles. The minimum absolute atomic E-state index is 0.0310. The lowest BCUT2D eigenvalue weighted by Gasteiger charge is -2.15. The number of nitrogens with one attached hydrogen (secondary N) is 1. The van der Waals surface area contributed by atoms with Crippen molar-refractivity contribution in [2.75, 3.05) is 20.1 Å². The van der Waals surface area contributed by atoms with Gasteiger partial charge in [-0.3, -0.25) is 14.4 Å². The van der Waals surface area contributed by atoms with E-state index < -0.39 is 5.82 Å². The highest BCUT2D eigenvalue weighted by molar-refractivity contribution is 6.30. The summed E-state index contributed by atoms with van der Waals surface area (Å²) < 4.78 is 15.1. The molecule has 0 saturated carbocycles. The largest absolute Gasteiger partial charge is 0.359 e. The Kier molecular flexibility index (Phi) is 4.87. The summed E-state index contributed by atoms with van der Waals surface area (Å²) in [5, 5.41) is 7.09. The highest BCUT2D eigenvalue weighted by atomic mass is 35.5. The monoisotopic (exact) mass is 350 g/mol. The summed E-state index contributed by atoms with van der Waals surface area (Å²) in [6.45, 7) is 2.03. The van der Waals surface area contributed by atoms with Crippen LogP contribution in [0.3, 0.4) is 0 Å². The van der Waals surface area contributed by atoms with Crippen LogP contribution in [0, 0.1) is 11.7 Å². The second-order valence-electron chi connectivity index (χ2n) is 6.22. The van der Waals surface area contributed by atoms with Crippen LogP contribution in [0.5, 0.6) is 0 Å². The normalized spacial score (nSPS) is 21.2. The number of aryl methyl sites for hydroxylation is 1. The van der Waals surface area contributed by atoms with Gasteiger partial charge in [-0.25, -0.2) is 4.39 Å². The minimum Gasteiger partial charge on any atom is -0.359 e. The molecule has 0 radical (unpaired) electrons. The summed E-state index contributed by atoms with van der Waals surface area (Å²) in [5.41, 5.74) is 2.00. The van der Waals surface area contributed by atoms with Gasteiger partial charge in [0.25, 0.3) is 0 Å². The van der Waals surface area contributed by atoms with Gasteiger partial charge in [0, 0.05) is 45.8 Å². The average Bonchev–Trinajstić information content (AvgIpc) is 3.16. The molecule has 5 nitrogen and oxygen atoms in total. The maximum atomic E-state index is 13.3. The first-order chi connectivity index (χ1) is 11.5. The zero-order valence-corrected chi connectivity index (χ0v) is 14.4. The number of benzene rings is 1. The van der Waals surface area contributed by atoms with E-state index in [0.29, 0.717) is 13.1 Å². The predicted octanol–water partition coefficient (Wildman–Crippen LogP) is 2.17. The number of nitrogens with zero attached hydrogens (tertiary/aromatic N) is 3. The summed E-state index contributed by atoms with van der Waals surface area (Å²) >= 11 is 5.86. The van der Waals surface area contributed by atoms with Gasteiger partial charge in [0.1, 0.15) is 5.82 Å². The topological polar surface area (TPSA) is 50.2 Å². The second kappa shape index (κ2) is 6.91. The van der Waals surface area contributed by atoms with E-state index in [1.165, 1.54) is 6.07 Å². The van der Waals surface area contributed by atoms with E-state index in [2.05, 4.69) is 15.3 Å². The molecule has 1 amide bonds. The van der Waals surface area contributed by atoms with Crippen molar-refractivity contribution in [1.82, 2.24) is 20.0 Å². The first-order valence-corrected chi connectivity index (χ1v) is 8.22. The number of hydrogen-bond donors (Lipinski definition) is 1. The summed E-state index contributed by atoms with van der Waals surface area (Å²) in [6.07, 6.45) is 3.78. The Morgan fingerprint density at radius 1 is 1.46 bits per heavy atom. The highest BCUT2D eigenvalue weighted by Gasteiger charge is 2.38. The molecular weight excluding hydrogens is 331 g/mol. The van der Waals surface area contributed by atoms with Crippen molar-refractivity contribution in [3.05, 3.63) is 52.6 Å². The smallest absolute Gasteiger partial charge is 0.224 e. The fourth-order valence-corrected chi connectivity index (χ4v) is 3.53. The molecule has 3 rings (SSSR count). The van der Waals surface area contributed by atoms with E-state index in [1.807, 2.05) is 19.4 Å². The third kappa shape index (κ3) is 3.44. The molecule has 1 N–H and O–H groups in total. The molecule has 0 spiro atoms. The van der Waals surface area contributed by atoms with Gasteiger partial charge in [0.2, 0.25) is 5.91 Å². The van der Waals surface area contributed by atoms with E-state index in [0.717, 1.165) is 17.7 Å². The summed E-state index contributed by atoms with van der Waals surface area (Å²) in [7, 11) is 3.52. The standard InChI is InChI=1S/C17H20ClFN4O/c1-20-17(24)14-10-23(7-11-3-4-16(19)15(18)5-11)9-13(14)12-6-21-22(2)8-12/h3-6,8,13-14H,7,9-10H2,1-2H3,(H,20,24)/t13-,14+/m0/s1. The predicted molar refractivity (Wildman–Crippen MR) is 90.2 cm³/mol. The van der Waals surface area contributed by atoms with E-state index in [4.69, 9.17) is 11.6 Å². The van der Waals surface area contributed by atoms with Gasteiger partial charge in [-0.1, -0.05) is 17.7 Å². The van der Waals surface area contributed by atoms with Gasteiger partial charge in [-0.2, -0.15) is 5.10 Å². The molecule has 1 aromatic heterocycles. The van der Waals surface area contributed by atoms with Crippen LogP contribution in [-0.4, -0.2) is 40.7 Å². The molecule has 2 heterocycles. The third-order valence-corrected chi connectivity index (χ3v) is 4.81. The molecule has 0 aliphatic carbocycles. The summed E-state index contributed by atoms with van der Waals surface area (Å²) in [5.74, 6) is -0.425. The van der Waals surface area contributed by atoms with Gasteiger partial charge in [-0.15, -0.1) is 0 Å². The number of likely N-dealkylation sites (tertiary alicyclic amines) is 1. The van der Waals surface area contributed by atoms with E-state index in [1.54, 1.807) is 23.9 Å². The van der Waals surface area contributed by atoms with Gasteiger partial charge in [0.05, 0.1) is 17.1 Å².